The molecule has 0 aliphatic rings. The molecule has 0 aromatic heterocycles. The van der Waals surface area contributed by atoms with Crippen LogP contribution in [0.25, 0.3) is 0 Å². The van der Waals surface area contributed by atoms with Crippen LogP contribution < -0.4 is 0 Å². The molecule has 0 heterocycles. The maximum Gasteiger partial charge on any atom is 0.280 e. The summed E-state index contributed by atoms with van der Waals surface area (Å²) in [7, 11) is 0. The molecule has 2 rings (SSSR count). The van der Waals surface area contributed by atoms with Gasteiger partial charge < -0.3 is 0 Å². The number of hydrogen-bond acceptors (Lipinski definition) is 4. The third-order valence-corrected chi connectivity index (χ3v) is 2.87. The number of hydrogen-bond donors (Lipinski definition) is 0. The van der Waals surface area contributed by atoms with Gasteiger partial charge in [-0.25, -0.2) is 0 Å². The lowest BCUT2D eigenvalue weighted by molar-refractivity contribution is -0.385. The molecular formula is C15H11NO4. The zero-order valence-corrected chi connectivity index (χ0v) is 10.7. The Morgan fingerprint density at radius 2 is 1.65 bits per heavy atom. The topological polar surface area (TPSA) is 77.3 Å². The van der Waals surface area contributed by atoms with E-state index in [2.05, 4.69) is 0 Å². The van der Waals surface area contributed by atoms with Crippen molar-refractivity contribution in [2.24, 2.45) is 0 Å². The summed E-state index contributed by atoms with van der Waals surface area (Å²) in [5.74, 6) is -0.720. The molecule has 0 saturated carbocycles. The number of ketones is 2. The first-order valence-electron chi connectivity index (χ1n) is 5.90. The van der Waals surface area contributed by atoms with Crippen molar-refractivity contribution in [3.63, 3.8) is 0 Å². The van der Waals surface area contributed by atoms with Gasteiger partial charge in [0.2, 0.25) is 0 Å². The Balaban J connectivity index is 2.49. The second kappa shape index (κ2) is 5.44. The van der Waals surface area contributed by atoms with Gasteiger partial charge in [0.05, 0.1) is 10.5 Å². The second-order valence-electron chi connectivity index (χ2n) is 4.24. The summed E-state index contributed by atoms with van der Waals surface area (Å²) >= 11 is 0. The number of carbonyl (C=O) groups excluding carboxylic acids is 2. The van der Waals surface area contributed by atoms with Crippen LogP contribution in [0.5, 0.6) is 0 Å². The predicted octanol–water partition coefficient (Wildman–Crippen LogP) is 3.03. The quantitative estimate of drug-likeness (QED) is 0.485. The van der Waals surface area contributed by atoms with Crippen molar-refractivity contribution in [2.45, 2.75) is 6.92 Å². The molecule has 0 saturated heterocycles. The molecule has 2 aromatic carbocycles. The van der Waals surface area contributed by atoms with Gasteiger partial charge in [-0.15, -0.1) is 0 Å². The van der Waals surface area contributed by atoms with Crippen LogP contribution in [-0.2, 0) is 0 Å². The first-order chi connectivity index (χ1) is 9.50. The van der Waals surface area contributed by atoms with E-state index in [1.807, 2.05) is 0 Å². The molecule has 2 aromatic rings. The summed E-state index contributed by atoms with van der Waals surface area (Å²) in [6.07, 6.45) is 0. The molecule has 5 nitrogen and oxygen atoms in total. The summed E-state index contributed by atoms with van der Waals surface area (Å²) < 4.78 is 0. The van der Waals surface area contributed by atoms with Crippen LogP contribution >= 0.6 is 0 Å². The summed E-state index contributed by atoms with van der Waals surface area (Å²) in [4.78, 5) is 33.9. The number of rotatable bonds is 4. The van der Waals surface area contributed by atoms with Crippen LogP contribution in [0, 0.1) is 10.1 Å². The Bertz CT molecular complexity index is 692. The molecular weight excluding hydrogens is 258 g/mol. The van der Waals surface area contributed by atoms with E-state index in [9.17, 15) is 19.7 Å². The molecule has 0 aliphatic heterocycles. The van der Waals surface area contributed by atoms with E-state index in [0.29, 0.717) is 5.56 Å². The van der Waals surface area contributed by atoms with Gasteiger partial charge in [-0.05, 0) is 19.1 Å². The van der Waals surface area contributed by atoms with Crippen LogP contribution in [0.15, 0.2) is 48.5 Å². The van der Waals surface area contributed by atoms with Crippen molar-refractivity contribution < 1.29 is 14.5 Å². The molecule has 0 unspecified atom stereocenters. The first kappa shape index (κ1) is 13.6. The van der Waals surface area contributed by atoms with Gasteiger partial charge in [-0.2, -0.15) is 0 Å². The number of nitro groups is 1. The van der Waals surface area contributed by atoms with E-state index in [4.69, 9.17) is 0 Å². The standard InChI is InChI=1S/C15H11NO4/c1-10(17)13-9-12(7-8-14(13)16(19)20)15(18)11-5-3-2-4-6-11/h2-9H,1H3. The lowest BCUT2D eigenvalue weighted by atomic mass is 9.99. The van der Waals surface area contributed by atoms with Gasteiger partial charge in [0.15, 0.2) is 11.6 Å². The summed E-state index contributed by atoms with van der Waals surface area (Å²) in [5.41, 5.74) is 0.377. The number of Topliss-reactive ketones (excluding diaryl/α,β-unsaturated/α-hetero) is 1. The number of nitro benzene ring substituents is 1. The number of benzene rings is 2. The highest BCUT2D eigenvalue weighted by Crippen LogP contribution is 2.22. The van der Waals surface area contributed by atoms with Crippen LogP contribution in [0.2, 0.25) is 0 Å². The molecule has 0 amide bonds. The fourth-order valence-corrected chi connectivity index (χ4v) is 1.87. The maximum atomic E-state index is 12.2. The Hall–Kier alpha value is -2.82. The normalized spacial score (nSPS) is 10.1. The Morgan fingerprint density at radius 1 is 1.00 bits per heavy atom. The summed E-state index contributed by atoms with van der Waals surface area (Å²) in [5, 5.41) is 10.8. The minimum absolute atomic E-state index is 0.0585. The third-order valence-electron chi connectivity index (χ3n) is 2.87. The van der Waals surface area contributed by atoms with Crippen LogP contribution in [-0.4, -0.2) is 16.5 Å². The molecule has 0 N–H and O–H groups in total. The highest BCUT2D eigenvalue weighted by atomic mass is 16.6. The minimum atomic E-state index is -0.631. The Kier molecular flexibility index (Phi) is 3.70. The number of nitrogens with zero attached hydrogens (tertiary/aromatic N) is 1. The average Bonchev–Trinajstić information content (AvgIpc) is 2.46. The van der Waals surface area contributed by atoms with Crippen molar-refractivity contribution in [3.8, 4) is 0 Å². The smallest absolute Gasteiger partial charge is 0.280 e. The number of carbonyl (C=O) groups is 2. The molecule has 0 bridgehead atoms. The van der Waals surface area contributed by atoms with E-state index in [1.165, 1.54) is 25.1 Å². The van der Waals surface area contributed by atoms with Gasteiger partial charge in [-0.1, -0.05) is 30.3 Å². The van der Waals surface area contributed by atoms with Crippen molar-refractivity contribution in [3.05, 3.63) is 75.3 Å². The van der Waals surface area contributed by atoms with Crippen molar-refractivity contribution >= 4 is 17.3 Å². The largest absolute Gasteiger partial charge is 0.294 e. The predicted molar refractivity (Wildman–Crippen MR) is 73.0 cm³/mol. The van der Waals surface area contributed by atoms with Crippen LogP contribution in [0.3, 0.4) is 0 Å². The van der Waals surface area contributed by atoms with E-state index < -0.39 is 10.7 Å². The molecule has 0 spiro atoms. The average molecular weight is 269 g/mol. The molecule has 0 radical (unpaired) electrons. The monoisotopic (exact) mass is 269 g/mol. The molecule has 20 heavy (non-hydrogen) atoms. The van der Waals surface area contributed by atoms with Gasteiger partial charge in [0.1, 0.15) is 0 Å². The SMILES string of the molecule is CC(=O)c1cc(C(=O)c2ccccc2)ccc1[N+](=O)[O-]. The van der Waals surface area contributed by atoms with E-state index in [1.54, 1.807) is 30.3 Å². The molecule has 100 valence electrons. The summed E-state index contributed by atoms with van der Waals surface area (Å²) in [6.45, 7) is 1.24. The van der Waals surface area contributed by atoms with E-state index >= 15 is 0 Å². The van der Waals surface area contributed by atoms with Crippen molar-refractivity contribution in [1.82, 2.24) is 0 Å². The maximum absolute atomic E-state index is 12.2. The van der Waals surface area contributed by atoms with Crippen LogP contribution in [0.4, 0.5) is 5.69 Å². The van der Waals surface area contributed by atoms with Crippen LogP contribution in [0.1, 0.15) is 33.2 Å². The highest BCUT2D eigenvalue weighted by Gasteiger charge is 2.20. The van der Waals surface area contributed by atoms with E-state index in [-0.39, 0.29) is 22.6 Å². The zero-order valence-electron chi connectivity index (χ0n) is 10.7. The molecule has 0 aliphatic carbocycles. The lowest BCUT2D eigenvalue weighted by Gasteiger charge is -2.04. The lowest BCUT2D eigenvalue weighted by Crippen LogP contribution is -2.06. The molecule has 0 fully saturated rings. The second-order valence-corrected chi connectivity index (χ2v) is 4.24. The van der Waals surface area contributed by atoms with Gasteiger partial charge in [0.25, 0.3) is 5.69 Å². The summed E-state index contributed by atoms with van der Waals surface area (Å²) in [6, 6.07) is 12.4. The Labute approximate surface area is 115 Å². The third kappa shape index (κ3) is 2.61. The molecule has 5 heteroatoms. The molecule has 0 atom stereocenters. The van der Waals surface area contributed by atoms with E-state index in [0.717, 1.165) is 0 Å². The minimum Gasteiger partial charge on any atom is -0.294 e. The van der Waals surface area contributed by atoms with Gasteiger partial charge in [-0.3, -0.25) is 19.7 Å². The fraction of sp³-hybridized carbons (Fsp3) is 0.0667. The first-order valence-corrected chi connectivity index (χ1v) is 5.90. The van der Waals surface area contributed by atoms with Gasteiger partial charge in [0, 0.05) is 17.2 Å². The fourth-order valence-electron chi connectivity index (χ4n) is 1.87. The zero-order chi connectivity index (χ0) is 14.7. The highest BCUT2D eigenvalue weighted by molar-refractivity contribution is 6.10. The van der Waals surface area contributed by atoms with Crippen molar-refractivity contribution in [1.29, 1.82) is 0 Å². The Morgan fingerprint density at radius 3 is 2.20 bits per heavy atom. The van der Waals surface area contributed by atoms with Gasteiger partial charge >= 0.3 is 0 Å². The van der Waals surface area contributed by atoms with Crippen molar-refractivity contribution in [2.75, 3.05) is 0 Å².